The molecule has 2 aromatic rings. The number of halogens is 1. The van der Waals surface area contributed by atoms with Crippen LogP contribution in [0.1, 0.15) is 50.7 Å². The van der Waals surface area contributed by atoms with Gasteiger partial charge < -0.3 is 10.3 Å². The van der Waals surface area contributed by atoms with E-state index in [1.165, 1.54) is 23.9 Å². The number of aromatic nitrogens is 2. The van der Waals surface area contributed by atoms with Gasteiger partial charge in [-0.1, -0.05) is 44.7 Å². The van der Waals surface area contributed by atoms with Crippen molar-refractivity contribution in [3.05, 3.63) is 62.8 Å². The molecule has 1 unspecified atom stereocenters. The molecule has 2 heterocycles. The highest BCUT2D eigenvalue weighted by molar-refractivity contribution is 7.99. The normalized spacial score (nSPS) is 20.4. The van der Waals surface area contributed by atoms with Crippen LogP contribution < -0.4 is 10.9 Å². The number of nitrogens with one attached hydrogen (secondary N) is 2. The third-order valence-electron chi connectivity index (χ3n) is 5.16. The summed E-state index contributed by atoms with van der Waals surface area (Å²) >= 11 is 1.44. The monoisotopic (exact) mass is 399 g/mol. The molecule has 5 nitrogen and oxygen atoms in total. The molecule has 4 rings (SSSR count). The number of thioether (sulfide) groups is 1. The van der Waals surface area contributed by atoms with E-state index in [2.05, 4.69) is 15.3 Å². The number of Topliss-reactive ketones (excluding diaryl/α,β-unsaturated/α-hetero) is 1. The number of rotatable bonds is 3. The fourth-order valence-corrected chi connectivity index (χ4v) is 4.71. The standard InChI is InChI=1S/C21H22FN3O2S/c1-4-28-20-24-18-17(19(27)25-20)15(11-6-5-7-12(22)8-11)16-13(23-18)9-21(2,3)10-14(16)26/h5-8,15H,4,9-10H2,1-3H3,(H2,23,24,25,27). The first-order valence-corrected chi connectivity index (χ1v) is 10.3. The smallest absolute Gasteiger partial charge is 0.257 e. The average molecular weight is 399 g/mol. The molecule has 28 heavy (non-hydrogen) atoms. The van der Waals surface area contributed by atoms with Gasteiger partial charge in [0.2, 0.25) is 0 Å². The summed E-state index contributed by atoms with van der Waals surface area (Å²) in [4.78, 5) is 33.4. The van der Waals surface area contributed by atoms with E-state index in [1.54, 1.807) is 12.1 Å². The SMILES string of the molecule is CCSc1nc2c(c(=O)[nH]1)C(c1cccc(F)c1)C1=C(CC(C)(C)CC1=O)N2. The molecule has 0 amide bonds. The van der Waals surface area contributed by atoms with E-state index in [1.807, 2.05) is 20.8 Å². The molecular weight excluding hydrogens is 377 g/mol. The van der Waals surface area contributed by atoms with Crippen LogP contribution in [0, 0.1) is 11.2 Å². The fourth-order valence-electron chi connectivity index (χ4n) is 4.12. The minimum Gasteiger partial charge on any atom is -0.343 e. The molecule has 7 heteroatoms. The number of nitrogens with zero attached hydrogens (tertiary/aromatic N) is 1. The Bertz CT molecular complexity index is 1060. The van der Waals surface area contributed by atoms with Crippen LogP contribution in [0.3, 0.4) is 0 Å². The minimum absolute atomic E-state index is 0.00919. The molecule has 1 aliphatic heterocycles. The topological polar surface area (TPSA) is 74.8 Å². The number of fused-ring (bicyclic) bond motifs is 1. The minimum atomic E-state index is -0.623. The Labute approximate surface area is 166 Å². The van der Waals surface area contributed by atoms with Crippen molar-refractivity contribution >= 4 is 23.4 Å². The van der Waals surface area contributed by atoms with E-state index < -0.39 is 11.7 Å². The van der Waals surface area contributed by atoms with Crippen molar-refractivity contribution in [2.75, 3.05) is 11.1 Å². The highest BCUT2D eigenvalue weighted by Gasteiger charge is 2.42. The number of benzene rings is 1. The van der Waals surface area contributed by atoms with Gasteiger partial charge in [0, 0.05) is 23.6 Å². The molecule has 0 bridgehead atoms. The zero-order valence-corrected chi connectivity index (χ0v) is 16.9. The van der Waals surface area contributed by atoms with Gasteiger partial charge in [-0.3, -0.25) is 9.59 Å². The second-order valence-electron chi connectivity index (χ2n) is 8.01. The predicted molar refractivity (Wildman–Crippen MR) is 108 cm³/mol. The summed E-state index contributed by atoms with van der Waals surface area (Å²) in [5.74, 6) is 0.200. The first kappa shape index (κ1) is 18.9. The van der Waals surface area contributed by atoms with Gasteiger partial charge in [0.1, 0.15) is 11.6 Å². The molecule has 2 N–H and O–H groups in total. The molecule has 146 valence electrons. The van der Waals surface area contributed by atoms with Crippen LogP contribution in [0.4, 0.5) is 10.2 Å². The van der Waals surface area contributed by atoms with E-state index in [9.17, 15) is 14.0 Å². The first-order valence-electron chi connectivity index (χ1n) is 9.35. The summed E-state index contributed by atoms with van der Waals surface area (Å²) in [5, 5.41) is 3.79. The summed E-state index contributed by atoms with van der Waals surface area (Å²) in [6.07, 6.45) is 1.06. The maximum Gasteiger partial charge on any atom is 0.257 e. The Kier molecular flexibility index (Phi) is 4.65. The lowest BCUT2D eigenvalue weighted by atomic mass is 9.69. The van der Waals surface area contributed by atoms with Crippen molar-refractivity contribution in [3.63, 3.8) is 0 Å². The third-order valence-corrected chi connectivity index (χ3v) is 5.92. The highest BCUT2D eigenvalue weighted by Crippen LogP contribution is 2.47. The summed E-state index contributed by atoms with van der Waals surface area (Å²) < 4.78 is 14.0. The van der Waals surface area contributed by atoms with E-state index in [4.69, 9.17) is 0 Å². The number of allylic oxidation sites excluding steroid dienone is 2. The largest absolute Gasteiger partial charge is 0.343 e. The lowest BCUT2D eigenvalue weighted by Crippen LogP contribution is -2.37. The van der Waals surface area contributed by atoms with Gasteiger partial charge in [-0.05, 0) is 35.3 Å². The van der Waals surface area contributed by atoms with Gasteiger partial charge in [0.15, 0.2) is 10.9 Å². The lowest BCUT2D eigenvalue weighted by molar-refractivity contribution is -0.118. The predicted octanol–water partition coefficient (Wildman–Crippen LogP) is 4.22. The summed E-state index contributed by atoms with van der Waals surface area (Å²) in [6, 6.07) is 6.11. The Morgan fingerprint density at radius 3 is 2.79 bits per heavy atom. The summed E-state index contributed by atoms with van der Waals surface area (Å²) in [5.41, 5.74) is 1.82. The maximum absolute atomic E-state index is 14.0. The Hall–Kier alpha value is -2.41. The molecular formula is C21H22FN3O2S. The summed E-state index contributed by atoms with van der Waals surface area (Å²) in [6.45, 7) is 6.08. The summed E-state index contributed by atoms with van der Waals surface area (Å²) in [7, 11) is 0. The number of hydrogen-bond donors (Lipinski definition) is 2. The molecule has 1 aromatic carbocycles. The van der Waals surface area contributed by atoms with Crippen LogP contribution in [0.25, 0.3) is 0 Å². The van der Waals surface area contributed by atoms with Gasteiger partial charge in [-0.15, -0.1) is 0 Å². The van der Waals surface area contributed by atoms with Crippen LogP contribution in [-0.2, 0) is 4.79 Å². The second kappa shape index (κ2) is 6.88. The zero-order chi connectivity index (χ0) is 20.1. The van der Waals surface area contributed by atoms with Crippen molar-refractivity contribution in [2.24, 2.45) is 5.41 Å². The number of ketones is 1. The molecule has 0 saturated heterocycles. The van der Waals surface area contributed by atoms with Gasteiger partial charge >= 0.3 is 0 Å². The van der Waals surface area contributed by atoms with E-state index >= 15 is 0 Å². The highest BCUT2D eigenvalue weighted by atomic mass is 32.2. The quantitative estimate of drug-likeness (QED) is 0.597. The van der Waals surface area contributed by atoms with Crippen LogP contribution in [-0.4, -0.2) is 21.5 Å². The van der Waals surface area contributed by atoms with E-state index in [0.717, 1.165) is 11.4 Å². The van der Waals surface area contributed by atoms with Crippen molar-refractivity contribution in [1.82, 2.24) is 9.97 Å². The van der Waals surface area contributed by atoms with Crippen LogP contribution in [0.5, 0.6) is 0 Å². The van der Waals surface area contributed by atoms with Crippen LogP contribution in [0.2, 0.25) is 0 Å². The number of aromatic amines is 1. The molecule has 0 radical (unpaired) electrons. The number of carbonyl (C=O) groups is 1. The number of anilines is 1. The number of carbonyl (C=O) groups excluding carboxylic acids is 1. The lowest BCUT2D eigenvalue weighted by Gasteiger charge is -2.38. The molecule has 2 aliphatic rings. The zero-order valence-electron chi connectivity index (χ0n) is 16.1. The molecule has 0 fully saturated rings. The number of H-pyrrole nitrogens is 1. The molecule has 0 saturated carbocycles. The van der Waals surface area contributed by atoms with Crippen molar-refractivity contribution in [2.45, 2.75) is 44.7 Å². The second-order valence-corrected chi connectivity index (χ2v) is 9.27. The maximum atomic E-state index is 14.0. The van der Waals surface area contributed by atoms with Gasteiger partial charge in [0.25, 0.3) is 5.56 Å². The first-order chi connectivity index (χ1) is 13.3. The Balaban J connectivity index is 1.96. The van der Waals surface area contributed by atoms with Gasteiger partial charge in [-0.2, -0.15) is 0 Å². The van der Waals surface area contributed by atoms with Crippen LogP contribution >= 0.6 is 11.8 Å². The molecule has 0 spiro atoms. The van der Waals surface area contributed by atoms with Gasteiger partial charge in [0.05, 0.1) is 5.56 Å². The third kappa shape index (κ3) is 3.28. The van der Waals surface area contributed by atoms with Crippen molar-refractivity contribution in [1.29, 1.82) is 0 Å². The van der Waals surface area contributed by atoms with Gasteiger partial charge in [-0.25, -0.2) is 9.37 Å². The molecule has 1 aliphatic carbocycles. The Morgan fingerprint density at radius 1 is 1.29 bits per heavy atom. The fraction of sp³-hybridized carbons (Fsp3) is 0.381. The van der Waals surface area contributed by atoms with Crippen molar-refractivity contribution < 1.29 is 9.18 Å². The number of hydrogen-bond acceptors (Lipinski definition) is 5. The average Bonchev–Trinajstić information content (AvgIpc) is 2.59. The van der Waals surface area contributed by atoms with E-state index in [-0.39, 0.29) is 16.8 Å². The molecule has 1 atom stereocenters. The van der Waals surface area contributed by atoms with Crippen LogP contribution in [0.15, 0.2) is 45.5 Å². The van der Waals surface area contributed by atoms with Crippen molar-refractivity contribution in [3.8, 4) is 0 Å². The Morgan fingerprint density at radius 2 is 2.07 bits per heavy atom. The molecule has 1 aromatic heterocycles. The van der Waals surface area contributed by atoms with E-state index in [0.29, 0.717) is 40.5 Å².